The molecule has 6 heteroatoms. The number of aliphatic hydroxyl groups excluding tert-OH is 2. The van der Waals surface area contributed by atoms with E-state index in [-0.39, 0.29) is 6.54 Å². The van der Waals surface area contributed by atoms with Crippen molar-refractivity contribution in [1.29, 1.82) is 0 Å². The monoisotopic (exact) mass is 237 g/mol. The smallest absolute Gasteiger partial charge is 0.125 e. The lowest BCUT2D eigenvalue weighted by Gasteiger charge is -2.19. The second-order valence-electron chi connectivity index (χ2n) is 3.67. The minimum atomic E-state index is -1.15. The Morgan fingerprint density at radius 1 is 1.47 bits per heavy atom. The van der Waals surface area contributed by atoms with Crippen LogP contribution in [0.4, 0.5) is 0 Å². The Hall–Kier alpha value is -1.75. The molecule has 2 atom stereocenters. The molecule has 1 aromatic carbocycles. The van der Waals surface area contributed by atoms with Crippen LogP contribution in [0, 0.1) is 6.92 Å². The van der Waals surface area contributed by atoms with E-state index in [1.54, 1.807) is 18.2 Å². The third kappa shape index (κ3) is 3.35. The number of methoxy groups -OCH3 is 1. The van der Waals surface area contributed by atoms with Crippen LogP contribution in [0.2, 0.25) is 0 Å². The fraction of sp³-hybridized carbons (Fsp3) is 0.455. The number of hydrogen-bond acceptors (Lipinski definition) is 4. The van der Waals surface area contributed by atoms with Gasteiger partial charge < -0.3 is 14.9 Å². The first-order valence-electron chi connectivity index (χ1n) is 5.11. The van der Waals surface area contributed by atoms with Crippen LogP contribution in [-0.2, 0) is 0 Å². The van der Waals surface area contributed by atoms with Gasteiger partial charge in [-0.3, -0.25) is 0 Å². The molecule has 17 heavy (non-hydrogen) atoms. The first kappa shape index (κ1) is 13.3. The third-order valence-electron chi connectivity index (χ3n) is 2.40. The summed E-state index contributed by atoms with van der Waals surface area (Å²) >= 11 is 0. The van der Waals surface area contributed by atoms with Crippen molar-refractivity contribution in [3.05, 3.63) is 39.8 Å². The summed E-state index contributed by atoms with van der Waals surface area (Å²) < 4.78 is 5.13. The van der Waals surface area contributed by atoms with Crippen LogP contribution in [0.15, 0.2) is 23.3 Å². The van der Waals surface area contributed by atoms with Gasteiger partial charge in [-0.15, -0.1) is 0 Å². The van der Waals surface area contributed by atoms with E-state index in [1.165, 1.54) is 7.11 Å². The van der Waals surface area contributed by atoms with Crippen molar-refractivity contribution in [2.24, 2.45) is 5.11 Å². The van der Waals surface area contributed by atoms with Gasteiger partial charge in [0, 0.05) is 10.5 Å². The Balaban J connectivity index is 2.94. The third-order valence-corrected chi connectivity index (χ3v) is 2.40. The van der Waals surface area contributed by atoms with Gasteiger partial charge in [0.25, 0.3) is 0 Å². The molecular formula is C11H15N3O3. The molecule has 0 aliphatic carbocycles. The molecular weight excluding hydrogens is 222 g/mol. The van der Waals surface area contributed by atoms with Crippen molar-refractivity contribution < 1.29 is 14.9 Å². The lowest BCUT2D eigenvalue weighted by atomic mass is 10.0. The van der Waals surface area contributed by atoms with E-state index in [4.69, 9.17) is 10.3 Å². The molecule has 0 aliphatic heterocycles. The summed E-state index contributed by atoms with van der Waals surface area (Å²) in [7, 11) is 1.49. The van der Waals surface area contributed by atoms with Crippen LogP contribution in [0.1, 0.15) is 17.2 Å². The molecule has 1 aromatic rings. The normalized spacial score (nSPS) is 13.6. The Kier molecular flexibility index (Phi) is 4.78. The zero-order valence-corrected chi connectivity index (χ0v) is 9.74. The highest BCUT2D eigenvalue weighted by Crippen LogP contribution is 2.28. The minimum absolute atomic E-state index is 0.186. The van der Waals surface area contributed by atoms with E-state index >= 15 is 0 Å². The van der Waals surface area contributed by atoms with Crippen LogP contribution in [0.5, 0.6) is 5.75 Å². The summed E-state index contributed by atoms with van der Waals surface area (Å²) in [5, 5.41) is 22.7. The predicted molar refractivity (Wildman–Crippen MR) is 62.7 cm³/mol. The first-order chi connectivity index (χ1) is 8.10. The van der Waals surface area contributed by atoms with Gasteiger partial charge in [-0.1, -0.05) is 17.2 Å². The average Bonchev–Trinajstić information content (AvgIpc) is 2.34. The number of nitrogens with zero attached hydrogens (tertiary/aromatic N) is 3. The highest BCUT2D eigenvalue weighted by Gasteiger charge is 2.21. The van der Waals surface area contributed by atoms with Crippen LogP contribution in [0.3, 0.4) is 0 Å². The number of aliphatic hydroxyl groups is 2. The second-order valence-corrected chi connectivity index (χ2v) is 3.67. The van der Waals surface area contributed by atoms with Gasteiger partial charge in [-0.05, 0) is 24.1 Å². The molecule has 1 rings (SSSR count). The summed E-state index contributed by atoms with van der Waals surface area (Å²) in [5.74, 6) is 0.498. The quantitative estimate of drug-likeness (QED) is 0.463. The van der Waals surface area contributed by atoms with Crippen LogP contribution in [-0.4, -0.2) is 30.0 Å². The molecule has 0 saturated heterocycles. The summed E-state index contributed by atoms with van der Waals surface area (Å²) in [4.78, 5) is 2.53. The Morgan fingerprint density at radius 2 is 2.18 bits per heavy atom. The maximum absolute atomic E-state index is 9.91. The molecule has 92 valence electrons. The number of benzene rings is 1. The largest absolute Gasteiger partial charge is 0.496 e. The Morgan fingerprint density at radius 3 is 2.76 bits per heavy atom. The Labute approximate surface area is 99.1 Å². The topological polar surface area (TPSA) is 98.5 Å². The number of ether oxygens (including phenoxy) is 1. The van der Waals surface area contributed by atoms with Gasteiger partial charge in [-0.2, -0.15) is 0 Å². The van der Waals surface area contributed by atoms with Crippen molar-refractivity contribution in [2.75, 3.05) is 13.7 Å². The number of aryl methyl sites for hydroxylation is 1. The average molecular weight is 237 g/mol. The van der Waals surface area contributed by atoms with E-state index < -0.39 is 12.2 Å². The zero-order chi connectivity index (χ0) is 12.8. The van der Waals surface area contributed by atoms with Gasteiger partial charge in [0.15, 0.2) is 0 Å². The maximum atomic E-state index is 9.91. The highest BCUT2D eigenvalue weighted by molar-refractivity contribution is 5.39. The summed E-state index contributed by atoms with van der Waals surface area (Å²) in [6.45, 7) is 1.71. The molecule has 0 radical (unpaired) electrons. The van der Waals surface area contributed by atoms with E-state index in [0.717, 1.165) is 5.56 Å². The second kappa shape index (κ2) is 6.10. The van der Waals surface area contributed by atoms with E-state index in [2.05, 4.69) is 10.0 Å². The van der Waals surface area contributed by atoms with Crippen LogP contribution < -0.4 is 4.74 Å². The van der Waals surface area contributed by atoms with Gasteiger partial charge in [0.2, 0.25) is 0 Å². The van der Waals surface area contributed by atoms with E-state index in [1.807, 2.05) is 6.92 Å². The molecule has 0 bridgehead atoms. The first-order valence-corrected chi connectivity index (χ1v) is 5.11. The molecule has 0 fully saturated rings. The molecule has 0 aromatic heterocycles. The van der Waals surface area contributed by atoms with E-state index in [9.17, 15) is 10.2 Å². The van der Waals surface area contributed by atoms with Crippen molar-refractivity contribution in [3.8, 4) is 5.75 Å². The zero-order valence-electron chi connectivity index (χ0n) is 9.74. The predicted octanol–water partition coefficient (Wildman–Crippen LogP) is 1.71. The van der Waals surface area contributed by atoms with Crippen molar-refractivity contribution in [3.63, 3.8) is 0 Å². The SMILES string of the molecule is COc1cc(C)ccc1C(O)C(O)CN=[N+]=[N-]. The van der Waals surface area contributed by atoms with Gasteiger partial charge in [0.05, 0.1) is 19.8 Å². The summed E-state index contributed by atoms with van der Waals surface area (Å²) in [5.41, 5.74) is 9.60. The Bertz CT molecular complexity index is 430. The highest BCUT2D eigenvalue weighted by atomic mass is 16.5. The molecule has 0 saturated carbocycles. The lowest BCUT2D eigenvalue weighted by molar-refractivity contribution is 0.0230. The van der Waals surface area contributed by atoms with E-state index in [0.29, 0.717) is 11.3 Å². The molecule has 2 N–H and O–H groups in total. The van der Waals surface area contributed by atoms with Crippen molar-refractivity contribution in [1.82, 2.24) is 0 Å². The molecule has 0 amide bonds. The molecule has 0 spiro atoms. The van der Waals surface area contributed by atoms with Gasteiger partial charge in [-0.25, -0.2) is 0 Å². The molecule has 0 heterocycles. The van der Waals surface area contributed by atoms with Gasteiger partial charge in [0.1, 0.15) is 11.9 Å². The number of rotatable bonds is 5. The van der Waals surface area contributed by atoms with Crippen LogP contribution in [0.25, 0.3) is 10.4 Å². The minimum Gasteiger partial charge on any atom is -0.496 e. The van der Waals surface area contributed by atoms with Gasteiger partial charge >= 0.3 is 0 Å². The maximum Gasteiger partial charge on any atom is 0.125 e. The van der Waals surface area contributed by atoms with Crippen LogP contribution >= 0.6 is 0 Å². The fourth-order valence-corrected chi connectivity index (χ4v) is 1.49. The molecule has 0 aliphatic rings. The number of azide groups is 1. The summed E-state index contributed by atoms with van der Waals surface area (Å²) in [6, 6.07) is 5.25. The van der Waals surface area contributed by atoms with Crippen molar-refractivity contribution in [2.45, 2.75) is 19.1 Å². The number of hydrogen-bond donors (Lipinski definition) is 2. The lowest BCUT2D eigenvalue weighted by Crippen LogP contribution is -2.21. The summed E-state index contributed by atoms with van der Waals surface area (Å²) in [6.07, 6.45) is -2.29. The van der Waals surface area contributed by atoms with Crippen molar-refractivity contribution >= 4 is 0 Å². The molecule has 6 nitrogen and oxygen atoms in total. The fourth-order valence-electron chi connectivity index (χ4n) is 1.49. The molecule has 2 unspecified atom stereocenters. The standard InChI is InChI=1S/C11H15N3O3/c1-7-3-4-8(10(5-7)17-2)11(16)9(15)6-13-14-12/h3-5,9,11,15-16H,6H2,1-2H3.